The van der Waals surface area contributed by atoms with Gasteiger partial charge in [0.1, 0.15) is 12.2 Å². The predicted molar refractivity (Wildman–Crippen MR) is 120 cm³/mol. The van der Waals surface area contributed by atoms with Crippen molar-refractivity contribution >= 4 is 23.6 Å². The number of benzene rings is 1. The SMILES string of the molecule is CCOC(=O)c1[nH]c(C)c(C(=O)COC(=O)CNC(=O)c2cc(OC)c(OC)c(OC)c2)c1C. The summed E-state index contributed by atoms with van der Waals surface area (Å²) in [6, 6.07) is 2.87. The first-order valence-electron chi connectivity index (χ1n) is 10.3. The summed E-state index contributed by atoms with van der Waals surface area (Å²) in [5.74, 6) is -1.59. The number of hydrogen-bond acceptors (Lipinski definition) is 9. The number of H-pyrrole nitrogens is 1. The molecule has 2 N–H and O–H groups in total. The van der Waals surface area contributed by atoms with Gasteiger partial charge in [-0.1, -0.05) is 0 Å². The number of carbonyl (C=O) groups excluding carboxylic acids is 4. The van der Waals surface area contributed by atoms with E-state index in [4.69, 9.17) is 23.7 Å². The van der Waals surface area contributed by atoms with Crippen LogP contribution in [0.3, 0.4) is 0 Å². The zero-order valence-corrected chi connectivity index (χ0v) is 20.0. The molecule has 0 aliphatic heterocycles. The average molecular weight is 476 g/mol. The normalized spacial score (nSPS) is 10.3. The lowest BCUT2D eigenvalue weighted by Gasteiger charge is -2.14. The first kappa shape index (κ1) is 26.2. The highest BCUT2D eigenvalue weighted by Gasteiger charge is 2.24. The maximum atomic E-state index is 12.6. The highest BCUT2D eigenvalue weighted by Crippen LogP contribution is 2.38. The number of carbonyl (C=O) groups is 4. The van der Waals surface area contributed by atoms with Crippen molar-refractivity contribution in [1.82, 2.24) is 10.3 Å². The van der Waals surface area contributed by atoms with Crippen LogP contribution in [0.5, 0.6) is 17.2 Å². The maximum Gasteiger partial charge on any atom is 0.355 e. The largest absolute Gasteiger partial charge is 0.493 e. The number of aryl methyl sites for hydroxylation is 1. The summed E-state index contributed by atoms with van der Waals surface area (Å²) < 4.78 is 25.6. The second kappa shape index (κ2) is 11.7. The molecule has 2 aromatic rings. The number of hydrogen-bond donors (Lipinski definition) is 2. The first-order chi connectivity index (χ1) is 16.2. The Kier molecular flexibility index (Phi) is 9.05. The van der Waals surface area contributed by atoms with Crippen molar-refractivity contribution in [3.05, 3.63) is 40.2 Å². The van der Waals surface area contributed by atoms with Crippen LogP contribution in [0.2, 0.25) is 0 Å². The fourth-order valence-electron chi connectivity index (χ4n) is 3.31. The third-order valence-electron chi connectivity index (χ3n) is 4.88. The molecule has 0 spiro atoms. The van der Waals surface area contributed by atoms with Gasteiger partial charge in [0.05, 0.1) is 27.9 Å². The molecule has 0 unspecified atom stereocenters. The molecule has 0 fully saturated rings. The van der Waals surface area contributed by atoms with E-state index in [1.54, 1.807) is 20.8 Å². The molecule has 0 aliphatic rings. The summed E-state index contributed by atoms with van der Waals surface area (Å²) in [5, 5.41) is 2.41. The monoisotopic (exact) mass is 476 g/mol. The standard InChI is InChI=1S/C23H28N2O9/c1-7-33-23(29)20-12(2)19(13(3)25-20)15(26)11-34-18(27)10-24-22(28)14-8-16(30-4)21(32-6)17(9-14)31-5/h8-9,25H,7,10-11H2,1-6H3,(H,24,28). The Bertz CT molecular complexity index is 1060. The Morgan fingerprint density at radius 1 is 0.941 bits per heavy atom. The van der Waals surface area contributed by atoms with Crippen molar-refractivity contribution in [3.63, 3.8) is 0 Å². The van der Waals surface area contributed by atoms with Crippen molar-refractivity contribution in [2.24, 2.45) is 0 Å². The Morgan fingerprint density at radius 2 is 1.56 bits per heavy atom. The summed E-state index contributed by atoms with van der Waals surface area (Å²) in [6.45, 7) is 4.07. The number of nitrogens with one attached hydrogen (secondary N) is 2. The van der Waals surface area contributed by atoms with Crippen LogP contribution in [0.1, 0.15) is 49.4 Å². The summed E-state index contributed by atoms with van der Waals surface area (Å²) >= 11 is 0. The predicted octanol–water partition coefficient (Wildman–Crippen LogP) is 1.99. The van der Waals surface area contributed by atoms with Crippen LogP contribution in [-0.2, 0) is 14.3 Å². The van der Waals surface area contributed by atoms with Crippen molar-refractivity contribution < 1.29 is 42.9 Å². The van der Waals surface area contributed by atoms with Gasteiger partial charge < -0.3 is 34.0 Å². The van der Waals surface area contributed by atoms with Gasteiger partial charge in [0, 0.05) is 16.8 Å². The van der Waals surface area contributed by atoms with Gasteiger partial charge in [-0.05, 0) is 38.5 Å². The maximum absolute atomic E-state index is 12.6. The smallest absolute Gasteiger partial charge is 0.355 e. The van der Waals surface area contributed by atoms with E-state index in [1.807, 2.05) is 0 Å². The molecular formula is C23H28N2O9. The van der Waals surface area contributed by atoms with Gasteiger partial charge in [-0.2, -0.15) is 0 Å². The Hall–Kier alpha value is -4.02. The lowest BCUT2D eigenvalue weighted by atomic mass is 10.1. The van der Waals surface area contributed by atoms with Crippen molar-refractivity contribution in [2.75, 3.05) is 41.1 Å². The van der Waals surface area contributed by atoms with Crippen LogP contribution < -0.4 is 19.5 Å². The van der Waals surface area contributed by atoms with Gasteiger partial charge in [0.15, 0.2) is 18.1 Å². The van der Waals surface area contributed by atoms with Gasteiger partial charge >= 0.3 is 11.9 Å². The molecule has 0 aliphatic carbocycles. The van der Waals surface area contributed by atoms with Crippen LogP contribution in [0.15, 0.2) is 12.1 Å². The minimum atomic E-state index is -0.814. The minimum absolute atomic E-state index is 0.170. The third-order valence-corrected chi connectivity index (χ3v) is 4.88. The average Bonchev–Trinajstić information content (AvgIpc) is 3.13. The minimum Gasteiger partial charge on any atom is -0.493 e. The van der Waals surface area contributed by atoms with E-state index < -0.39 is 36.8 Å². The van der Waals surface area contributed by atoms with Crippen LogP contribution in [0.25, 0.3) is 0 Å². The second-order valence-electron chi connectivity index (χ2n) is 7.03. The van der Waals surface area contributed by atoms with E-state index >= 15 is 0 Å². The van der Waals surface area contributed by atoms with Crippen molar-refractivity contribution in [1.29, 1.82) is 0 Å². The molecule has 34 heavy (non-hydrogen) atoms. The highest BCUT2D eigenvalue weighted by atomic mass is 16.5. The Morgan fingerprint density at radius 3 is 2.09 bits per heavy atom. The Labute approximate surface area is 196 Å². The van der Waals surface area contributed by atoms with E-state index in [0.29, 0.717) is 17.0 Å². The molecule has 2 rings (SSSR count). The number of aromatic nitrogens is 1. The van der Waals surface area contributed by atoms with E-state index in [9.17, 15) is 19.2 Å². The number of Topliss-reactive ketones (excluding diaryl/α,β-unsaturated/α-hetero) is 1. The number of rotatable bonds is 11. The van der Waals surface area contributed by atoms with Gasteiger partial charge in [0.25, 0.3) is 5.91 Å². The van der Waals surface area contributed by atoms with Gasteiger partial charge in [-0.3, -0.25) is 14.4 Å². The van der Waals surface area contributed by atoms with E-state index in [2.05, 4.69) is 10.3 Å². The number of amides is 1. The van der Waals surface area contributed by atoms with Gasteiger partial charge in [-0.15, -0.1) is 0 Å². The molecule has 0 atom stereocenters. The fraction of sp³-hybridized carbons (Fsp3) is 0.391. The van der Waals surface area contributed by atoms with Gasteiger partial charge in [0.2, 0.25) is 11.5 Å². The van der Waals surface area contributed by atoms with E-state index in [-0.39, 0.29) is 34.9 Å². The highest BCUT2D eigenvalue weighted by molar-refractivity contribution is 6.03. The molecule has 11 nitrogen and oxygen atoms in total. The summed E-state index contributed by atoms with van der Waals surface area (Å²) in [6.07, 6.45) is 0. The van der Waals surface area contributed by atoms with Crippen LogP contribution in [0, 0.1) is 13.8 Å². The topological polar surface area (TPSA) is 142 Å². The number of ketones is 1. The molecule has 184 valence electrons. The first-order valence-corrected chi connectivity index (χ1v) is 10.3. The Balaban J connectivity index is 1.98. The van der Waals surface area contributed by atoms with Crippen LogP contribution in [0.4, 0.5) is 0 Å². The quantitative estimate of drug-likeness (QED) is 0.368. The summed E-state index contributed by atoms with van der Waals surface area (Å²) in [7, 11) is 4.26. The molecule has 0 radical (unpaired) electrons. The number of methoxy groups -OCH3 is 3. The van der Waals surface area contributed by atoms with Crippen LogP contribution >= 0.6 is 0 Å². The number of ether oxygens (including phenoxy) is 5. The van der Waals surface area contributed by atoms with Crippen LogP contribution in [-0.4, -0.2) is 69.7 Å². The fourth-order valence-corrected chi connectivity index (χ4v) is 3.31. The molecule has 0 saturated heterocycles. The number of aromatic amines is 1. The second-order valence-corrected chi connectivity index (χ2v) is 7.03. The molecule has 1 heterocycles. The zero-order valence-electron chi connectivity index (χ0n) is 20.0. The lowest BCUT2D eigenvalue weighted by Crippen LogP contribution is -2.31. The van der Waals surface area contributed by atoms with E-state index in [0.717, 1.165) is 0 Å². The summed E-state index contributed by atoms with van der Waals surface area (Å²) in [4.78, 5) is 51.9. The molecule has 0 bridgehead atoms. The summed E-state index contributed by atoms with van der Waals surface area (Å²) in [5.41, 5.74) is 1.46. The van der Waals surface area contributed by atoms with Crippen molar-refractivity contribution in [2.45, 2.75) is 20.8 Å². The third kappa shape index (κ3) is 5.85. The molecule has 11 heteroatoms. The number of esters is 2. The zero-order chi connectivity index (χ0) is 25.4. The lowest BCUT2D eigenvalue weighted by molar-refractivity contribution is -0.141. The molecule has 1 amide bonds. The molecule has 1 aromatic heterocycles. The molecular weight excluding hydrogens is 448 g/mol. The van der Waals surface area contributed by atoms with Gasteiger partial charge in [-0.25, -0.2) is 4.79 Å². The molecule has 1 aromatic carbocycles. The van der Waals surface area contributed by atoms with E-state index in [1.165, 1.54) is 33.5 Å². The molecule has 0 saturated carbocycles. The van der Waals surface area contributed by atoms with Crippen molar-refractivity contribution in [3.8, 4) is 17.2 Å².